The van der Waals surface area contributed by atoms with Gasteiger partial charge in [0, 0.05) is 22.2 Å². The van der Waals surface area contributed by atoms with Crippen molar-refractivity contribution in [3.05, 3.63) is 70.2 Å². The van der Waals surface area contributed by atoms with Crippen LogP contribution in [0, 0.1) is 0 Å². The predicted octanol–water partition coefficient (Wildman–Crippen LogP) is 4.96. The van der Waals surface area contributed by atoms with Crippen molar-refractivity contribution in [2.45, 2.75) is 13.5 Å². The molecule has 0 radical (unpaired) electrons. The van der Waals surface area contributed by atoms with Gasteiger partial charge in [0.1, 0.15) is 6.61 Å². The van der Waals surface area contributed by atoms with Gasteiger partial charge in [0.2, 0.25) is 0 Å². The third-order valence-corrected chi connectivity index (χ3v) is 4.28. The van der Waals surface area contributed by atoms with Crippen LogP contribution in [0.25, 0.3) is 0 Å². The summed E-state index contributed by atoms with van der Waals surface area (Å²) in [5.41, 5.74) is 4.40. The topological polar surface area (TPSA) is 54.9 Å². The molecule has 0 aromatic heterocycles. The van der Waals surface area contributed by atoms with Crippen molar-refractivity contribution in [3.8, 4) is 11.5 Å². The minimum Gasteiger partial charge on any atom is -0.490 e. The van der Waals surface area contributed by atoms with E-state index >= 15 is 0 Å². The molecule has 148 valence electrons. The molecule has 0 atom stereocenters. The van der Waals surface area contributed by atoms with Gasteiger partial charge in [-0.25, -0.2) is 0 Å². The Morgan fingerprint density at radius 1 is 1.18 bits per heavy atom. The Morgan fingerprint density at radius 2 is 2.00 bits per heavy atom. The molecule has 8 heteroatoms. The number of hydrogen-bond donors (Lipinski definition) is 2. The molecule has 2 rings (SSSR count). The first-order valence-electron chi connectivity index (χ1n) is 8.54. The molecule has 0 aliphatic heterocycles. The Morgan fingerprint density at radius 3 is 2.71 bits per heavy atom. The molecule has 5 nitrogen and oxygen atoms in total. The summed E-state index contributed by atoms with van der Waals surface area (Å²) < 4.78 is 11.6. The smallest absolute Gasteiger partial charge is 0.187 e. The van der Waals surface area contributed by atoms with E-state index in [9.17, 15) is 0 Å². The van der Waals surface area contributed by atoms with E-state index in [1.54, 1.807) is 24.4 Å². The van der Waals surface area contributed by atoms with E-state index in [2.05, 4.69) is 22.4 Å². The van der Waals surface area contributed by atoms with Crippen LogP contribution >= 0.6 is 35.4 Å². The fourth-order valence-electron chi connectivity index (χ4n) is 2.16. The second-order valence-corrected chi connectivity index (χ2v) is 6.78. The predicted molar refractivity (Wildman–Crippen MR) is 120 cm³/mol. The first-order chi connectivity index (χ1) is 13.5. The monoisotopic (exact) mass is 437 g/mol. The Bertz CT molecular complexity index is 859. The van der Waals surface area contributed by atoms with E-state index in [1.165, 1.54) is 0 Å². The Hall–Kier alpha value is -2.28. The third-order valence-electron chi connectivity index (χ3n) is 3.45. The molecule has 2 aromatic rings. The summed E-state index contributed by atoms with van der Waals surface area (Å²) in [7, 11) is 0. The minimum absolute atomic E-state index is 0.300. The van der Waals surface area contributed by atoms with Crippen LogP contribution in [0.2, 0.25) is 10.0 Å². The average molecular weight is 438 g/mol. The van der Waals surface area contributed by atoms with Crippen molar-refractivity contribution < 1.29 is 9.47 Å². The zero-order valence-electron chi connectivity index (χ0n) is 15.4. The summed E-state index contributed by atoms with van der Waals surface area (Å²) in [6.45, 7) is 6.90. The van der Waals surface area contributed by atoms with Crippen LogP contribution in [-0.2, 0) is 6.61 Å². The molecule has 0 bridgehead atoms. The molecule has 0 unspecified atom stereocenters. The highest BCUT2D eigenvalue weighted by atomic mass is 35.5. The fourth-order valence-corrected chi connectivity index (χ4v) is 2.76. The van der Waals surface area contributed by atoms with E-state index in [1.807, 2.05) is 31.2 Å². The molecule has 2 aromatic carbocycles. The van der Waals surface area contributed by atoms with Gasteiger partial charge in [0.25, 0.3) is 0 Å². The molecular weight excluding hydrogens is 417 g/mol. The summed E-state index contributed by atoms with van der Waals surface area (Å²) in [4.78, 5) is 0. The first-order valence-corrected chi connectivity index (χ1v) is 9.71. The van der Waals surface area contributed by atoms with Gasteiger partial charge in [-0.2, -0.15) is 5.10 Å². The number of nitrogens with one attached hydrogen (secondary N) is 2. The number of ether oxygens (including phenoxy) is 2. The molecule has 0 saturated carbocycles. The lowest BCUT2D eigenvalue weighted by molar-refractivity contribution is 0.269. The standard InChI is InChI=1S/C20H21Cl2N3O2S/c1-3-9-23-20(28)25-24-12-14-5-8-18(19(10-14)26-4-2)27-13-15-6-7-16(21)11-17(15)22/h3,5-8,10-12H,1,4,9,13H2,2H3,(H2,23,25,28)/b24-12-. The van der Waals surface area contributed by atoms with Gasteiger partial charge in [0.05, 0.1) is 12.8 Å². The average Bonchev–Trinajstić information content (AvgIpc) is 2.67. The second-order valence-electron chi connectivity index (χ2n) is 5.53. The number of thiocarbonyl (C=S) groups is 1. The molecule has 0 aliphatic carbocycles. The van der Waals surface area contributed by atoms with E-state index in [-0.39, 0.29) is 0 Å². The maximum Gasteiger partial charge on any atom is 0.187 e. The molecule has 0 saturated heterocycles. The molecule has 0 spiro atoms. The minimum atomic E-state index is 0.300. The number of hydrazone groups is 1. The molecule has 2 N–H and O–H groups in total. The highest BCUT2D eigenvalue weighted by Crippen LogP contribution is 2.30. The molecule has 0 amide bonds. The summed E-state index contributed by atoms with van der Waals surface area (Å²) in [6.07, 6.45) is 3.35. The Kier molecular flexibility index (Phi) is 9.07. The number of rotatable bonds is 9. The fraction of sp³-hybridized carbons (Fsp3) is 0.200. The lowest BCUT2D eigenvalue weighted by Crippen LogP contribution is -2.31. The molecule has 0 aliphatic rings. The zero-order chi connectivity index (χ0) is 20.4. The number of halogens is 2. The van der Waals surface area contributed by atoms with Crippen molar-refractivity contribution in [1.82, 2.24) is 10.7 Å². The van der Waals surface area contributed by atoms with E-state index in [4.69, 9.17) is 44.9 Å². The van der Waals surface area contributed by atoms with Crippen molar-refractivity contribution in [3.63, 3.8) is 0 Å². The normalized spacial score (nSPS) is 10.5. The van der Waals surface area contributed by atoms with Gasteiger partial charge in [-0.05, 0) is 55.0 Å². The molecular formula is C20H21Cl2N3O2S. The largest absolute Gasteiger partial charge is 0.490 e. The summed E-state index contributed by atoms with van der Waals surface area (Å²) in [5.74, 6) is 1.23. The lowest BCUT2D eigenvalue weighted by atomic mass is 10.2. The maximum absolute atomic E-state index is 6.20. The maximum atomic E-state index is 6.20. The molecule has 0 fully saturated rings. The summed E-state index contributed by atoms with van der Waals surface area (Å²) >= 11 is 17.2. The van der Waals surface area contributed by atoms with Crippen LogP contribution in [0.3, 0.4) is 0 Å². The SMILES string of the molecule is C=CCNC(=S)N/N=C\c1ccc(OCc2ccc(Cl)cc2Cl)c(OCC)c1. The van der Waals surface area contributed by atoms with Crippen LogP contribution in [0.4, 0.5) is 0 Å². The van der Waals surface area contributed by atoms with Crippen LogP contribution in [0.1, 0.15) is 18.1 Å². The van der Waals surface area contributed by atoms with Gasteiger partial charge in [-0.15, -0.1) is 6.58 Å². The quantitative estimate of drug-likeness (QED) is 0.251. The van der Waals surface area contributed by atoms with E-state index in [0.717, 1.165) is 11.1 Å². The second kappa shape index (κ2) is 11.5. The van der Waals surface area contributed by atoms with Gasteiger partial charge in [-0.1, -0.05) is 35.3 Å². The van der Waals surface area contributed by atoms with Gasteiger partial charge in [0.15, 0.2) is 16.6 Å². The lowest BCUT2D eigenvalue weighted by Gasteiger charge is -2.13. The van der Waals surface area contributed by atoms with Crippen molar-refractivity contribution >= 4 is 46.7 Å². The number of hydrogen-bond acceptors (Lipinski definition) is 4. The first kappa shape index (κ1) is 22.0. The van der Waals surface area contributed by atoms with Crippen molar-refractivity contribution in [2.24, 2.45) is 5.10 Å². The zero-order valence-corrected chi connectivity index (χ0v) is 17.7. The van der Waals surface area contributed by atoms with Gasteiger partial charge < -0.3 is 14.8 Å². The number of benzene rings is 2. The van der Waals surface area contributed by atoms with Crippen molar-refractivity contribution in [2.75, 3.05) is 13.2 Å². The molecule has 0 heterocycles. The Labute approximate surface area is 180 Å². The van der Waals surface area contributed by atoms with Gasteiger partial charge in [-0.3, -0.25) is 5.43 Å². The van der Waals surface area contributed by atoms with Crippen LogP contribution in [-0.4, -0.2) is 24.5 Å². The van der Waals surface area contributed by atoms with Crippen LogP contribution in [0.5, 0.6) is 11.5 Å². The van der Waals surface area contributed by atoms with Crippen LogP contribution < -0.4 is 20.2 Å². The van der Waals surface area contributed by atoms with Crippen molar-refractivity contribution in [1.29, 1.82) is 0 Å². The summed E-state index contributed by atoms with van der Waals surface area (Å²) in [6, 6.07) is 10.8. The third kappa shape index (κ3) is 7.03. The molecule has 28 heavy (non-hydrogen) atoms. The van der Waals surface area contributed by atoms with Gasteiger partial charge >= 0.3 is 0 Å². The van der Waals surface area contributed by atoms with E-state index in [0.29, 0.717) is 46.4 Å². The highest BCUT2D eigenvalue weighted by Gasteiger charge is 2.08. The van der Waals surface area contributed by atoms with Crippen LogP contribution in [0.15, 0.2) is 54.2 Å². The Balaban J connectivity index is 2.05. The van der Waals surface area contributed by atoms with E-state index < -0.39 is 0 Å². The highest BCUT2D eigenvalue weighted by molar-refractivity contribution is 7.80. The summed E-state index contributed by atoms with van der Waals surface area (Å²) in [5, 5.41) is 8.58. The number of nitrogens with zero attached hydrogens (tertiary/aromatic N) is 1.